The molecule has 1 heterocycles. The van der Waals surface area contributed by atoms with Crippen molar-refractivity contribution in [2.24, 2.45) is 0 Å². The van der Waals surface area contributed by atoms with E-state index in [2.05, 4.69) is 22.5 Å². The smallest absolute Gasteiger partial charge is 0.238 e. The highest BCUT2D eigenvalue weighted by Gasteiger charge is 2.18. The Bertz CT molecular complexity index is 464. The molecule has 1 aliphatic rings. The molecule has 1 amide bonds. The summed E-state index contributed by atoms with van der Waals surface area (Å²) in [6, 6.07) is 4.81. The van der Waals surface area contributed by atoms with Crippen molar-refractivity contribution in [3.63, 3.8) is 0 Å². The molecule has 104 valence electrons. The van der Waals surface area contributed by atoms with Crippen molar-refractivity contribution in [3.05, 3.63) is 29.6 Å². The van der Waals surface area contributed by atoms with Crippen molar-refractivity contribution in [1.29, 1.82) is 0 Å². The molecule has 0 unspecified atom stereocenters. The minimum atomic E-state index is -0.336. The van der Waals surface area contributed by atoms with Crippen molar-refractivity contribution in [2.45, 2.75) is 19.9 Å². The van der Waals surface area contributed by atoms with Gasteiger partial charge in [0.1, 0.15) is 5.82 Å². The van der Waals surface area contributed by atoms with E-state index in [9.17, 15) is 9.18 Å². The van der Waals surface area contributed by atoms with Crippen LogP contribution in [0.15, 0.2) is 18.2 Å². The van der Waals surface area contributed by atoms with Crippen LogP contribution in [0.1, 0.15) is 12.5 Å². The monoisotopic (exact) mass is 265 g/mol. The summed E-state index contributed by atoms with van der Waals surface area (Å²) in [6.45, 7) is 6.91. The topological polar surface area (TPSA) is 44.4 Å². The first-order valence-electron chi connectivity index (χ1n) is 6.56. The van der Waals surface area contributed by atoms with Gasteiger partial charge in [0, 0.05) is 31.4 Å². The predicted octanol–water partition coefficient (Wildman–Crippen LogP) is 1.37. The van der Waals surface area contributed by atoms with Crippen LogP contribution in [0.5, 0.6) is 0 Å². The fourth-order valence-corrected chi connectivity index (χ4v) is 2.28. The number of anilines is 1. The number of amides is 1. The zero-order chi connectivity index (χ0) is 13.8. The summed E-state index contributed by atoms with van der Waals surface area (Å²) in [5.74, 6) is -0.431. The van der Waals surface area contributed by atoms with Crippen LogP contribution in [0, 0.1) is 12.7 Å². The van der Waals surface area contributed by atoms with Crippen LogP contribution in [0.25, 0.3) is 0 Å². The number of halogens is 1. The van der Waals surface area contributed by atoms with Gasteiger partial charge in [-0.25, -0.2) is 4.39 Å². The first-order valence-corrected chi connectivity index (χ1v) is 6.56. The van der Waals surface area contributed by atoms with Gasteiger partial charge in [0.15, 0.2) is 0 Å². The van der Waals surface area contributed by atoms with Crippen molar-refractivity contribution < 1.29 is 9.18 Å². The van der Waals surface area contributed by atoms with Gasteiger partial charge in [-0.15, -0.1) is 0 Å². The highest BCUT2D eigenvalue weighted by atomic mass is 19.1. The average molecular weight is 265 g/mol. The molecular formula is C14H20FN3O. The molecule has 0 aliphatic carbocycles. The fourth-order valence-electron chi connectivity index (χ4n) is 2.28. The molecule has 0 aromatic heterocycles. The molecule has 0 radical (unpaired) electrons. The normalized spacial score (nSPS) is 20.3. The van der Waals surface area contributed by atoms with E-state index >= 15 is 0 Å². The molecule has 1 aromatic rings. The Morgan fingerprint density at radius 1 is 1.58 bits per heavy atom. The van der Waals surface area contributed by atoms with Gasteiger partial charge in [-0.1, -0.05) is 6.07 Å². The van der Waals surface area contributed by atoms with Crippen molar-refractivity contribution in [2.75, 3.05) is 31.5 Å². The summed E-state index contributed by atoms with van der Waals surface area (Å²) in [5.41, 5.74) is 1.41. The number of carbonyl (C=O) groups excluding carboxylic acids is 1. The molecular weight excluding hydrogens is 245 g/mol. The van der Waals surface area contributed by atoms with Gasteiger partial charge in [-0.05, 0) is 31.5 Å². The van der Waals surface area contributed by atoms with Crippen LogP contribution in [-0.2, 0) is 4.79 Å². The van der Waals surface area contributed by atoms with Crippen molar-refractivity contribution >= 4 is 11.6 Å². The molecule has 1 aliphatic heterocycles. The molecule has 0 spiro atoms. The largest absolute Gasteiger partial charge is 0.325 e. The average Bonchev–Trinajstić information content (AvgIpc) is 2.34. The van der Waals surface area contributed by atoms with Gasteiger partial charge in [0.05, 0.1) is 6.54 Å². The predicted molar refractivity (Wildman–Crippen MR) is 73.7 cm³/mol. The summed E-state index contributed by atoms with van der Waals surface area (Å²) < 4.78 is 13.1. The second-order valence-corrected chi connectivity index (χ2v) is 5.10. The van der Waals surface area contributed by atoms with E-state index in [1.165, 1.54) is 12.1 Å². The van der Waals surface area contributed by atoms with Gasteiger partial charge in [0.2, 0.25) is 5.91 Å². The minimum Gasteiger partial charge on any atom is -0.325 e. The van der Waals surface area contributed by atoms with Crippen molar-refractivity contribution in [1.82, 2.24) is 10.2 Å². The van der Waals surface area contributed by atoms with Gasteiger partial charge in [-0.3, -0.25) is 9.69 Å². The number of aryl methyl sites for hydroxylation is 1. The molecule has 2 N–H and O–H groups in total. The molecule has 1 atom stereocenters. The van der Waals surface area contributed by atoms with E-state index in [0.717, 1.165) is 25.2 Å². The Hall–Kier alpha value is -1.46. The lowest BCUT2D eigenvalue weighted by atomic mass is 10.2. The van der Waals surface area contributed by atoms with Gasteiger partial charge < -0.3 is 10.6 Å². The van der Waals surface area contributed by atoms with E-state index in [4.69, 9.17) is 0 Å². The van der Waals surface area contributed by atoms with E-state index in [1.807, 2.05) is 6.92 Å². The second kappa shape index (κ2) is 6.12. The molecule has 4 nitrogen and oxygen atoms in total. The third-order valence-corrected chi connectivity index (χ3v) is 3.29. The first-order chi connectivity index (χ1) is 9.04. The van der Waals surface area contributed by atoms with Crippen LogP contribution < -0.4 is 10.6 Å². The molecule has 1 saturated heterocycles. The Kier molecular flexibility index (Phi) is 4.50. The summed E-state index contributed by atoms with van der Waals surface area (Å²) in [4.78, 5) is 14.1. The zero-order valence-electron chi connectivity index (χ0n) is 11.4. The third kappa shape index (κ3) is 4.01. The Morgan fingerprint density at radius 2 is 2.37 bits per heavy atom. The van der Waals surface area contributed by atoms with Gasteiger partial charge in [0.25, 0.3) is 0 Å². The summed E-state index contributed by atoms with van der Waals surface area (Å²) in [5, 5.41) is 6.10. The molecule has 19 heavy (non-hydrogen) atoms. The number of piperazine rings is 1. The number of rotatable bonds is 3. The van der Waals surface area contributed by atoms with Crippen molar-refractivity contribution in [3.8, 4) is 0 Å². The number of nitrogens with zero attached hydrogens (tertiary/aromatic N) is 1. The maximum absolute atomic E-state index is 13.1. The van der Waals surface area contributed by atoms with E-state index in [1.54, 1.807) is 6.07 Å². The van der Waals surface area contributed by atoms with Crippen LogP contribution >= 0.6 is 0 Å². The Labute approximate surface area is 113 Å². The lowest BCUT2D eigenvalue weighted by molar-refractivity contribution is -0.117. The minimum absolute atomic E-state index is 0.0946. The van der Waals surface area contributed by atoms with E-state index < -0.39 is 0 Å². The summed E-state index contributed by atoms with van der Waals surface area (Å²) >= 11 is 0. The number of carbonyl (C=O) groups is 1. The number of nitrogens with one attached hydrogen (secondary N) is 2. The maximum atomic E-state index is 13.1. The number of hydrogen-bond donors (Lipinski definition) is 2. The molecule has 1 fully saturated rings. The standard InChI is InChI=1S/C14H20FN3O/c1-10-3-4-12(15)7-13(10)17-14(19)9-18-6-5-16-11(2)8-18/h3-4,7,11,16H,5-6,8-9H2,1-2H3,(H,17,19)/t11-/m1/s1. The van der Waals surface area contributed by atoms with Gasteiger partial charge >= 0.3 is 0 Å². The van der Waals surface area contributed by atoms with Gasteiger partial charge in [-0.2, -0.15) is 0 Å². The van der Waals surface area contributed by atoms with Crippen LogP contribution in [0.3, 0.4) is 0 Å². The molecule has 1 aromatic carbocycles. The third-order valence-electron chi connectivity index (χ3n) is 3.29. The number of hydrogen-bond acceptors (Lipinski definition) is 3. The molecule has 0 bridgehead atoms. The fraction of sp³-hybridized carbons (Fsp3) is 0.500. The van der Waals surface area contributed by atoms with Crippen LogP contribution in [0.4, 0.5) is 10.1 Å². The summed E-state index contributed by atoms with van der Waals surface area (Å²) in [6.07, 6.45) is 0. The summed E-state index contributed by atoms with van der Waals surface area (Å²) in [7, 11) is 0. The Balaban J connectivity index is 1.92. The molecule has 2 rings (SSSR count). The second-order valence-electron chi connectivity index (χ2n) is 5.10. The van der Waals surface area contributed by atoms with Crippen LogP contribution in [0.2, 0.25) is 0 Å². The molecule has 5 heteroatoms. The highest BCUT2D eigenvalue weighted by Crippen LogP contribution is 2.15. The molecule has 0 saturated carbocycles. The maximum Gasteiger partial charge on any atom is 0.238 e. The first kappa shape index (κ1) is 14.0. The lowest BCUT2D eigenvalue weighted by Gasteiger charge is -2.31. The van der Waals surface area contributed by atoms with E-state index in [-0.39, 0.29) is 11.7 Å². The SMILES string of the molecule is Cc1ccc(F)cc1NC(=O)CN1CCN[C@H](C)C1. The lowest BCUT2D eigenvalue weighted by Crippen LogP contribution is -2.51. The number of benzene rings is 1. The quantitative estimate of drug-likeness (QED) is 0.867. The zero-order valence-corrected chi connectivity index (χ0v) is 11.4. The highest BCUT2D eigenvalue weighted by molar-refractivity contribution is 5.92. The Morgan fingerprint density at radius 3 is 3.11 bits per heavy atom. The van der Waals surface area contributed by atoms with Crippen LogP contribution in [-0.4, -0.2) is 43.0 Å². The van der Waals surface area contributed by atoms with E-state index in [0.29, 0.717) is 18.3 Å².